The zero-order valence-electron chi connectivity index (χ0n) is 15.8. The van der Waals surface area contributed by atoms with E-state index in [1.165, 1.54) is 21.2 Å². The molecule has 7 heteroatoms. The first-order valence-electron chi connectivity index (χ1n) is 9.41. The molecule has 1 atom stereocenters. The van der Waals surface area contributed by atoms with Crippen molar-refractivity contribution < 1.29 is 13.2 Å². The first-order valence-corrected chi connectivity index (χ1v) is 11.7. The van der Waals surface area contributed by atoms with Crippen molar-refractivity contribution in [3.05, 3.63) is 52.4 Å². The molecule has 1 amide bonds. The van der Waals surface area contributed by atoms with Crippen LogP contribution in [0.25, 0.3) is 0 Å². The van der Waals surface area contributed by atoms with Gasteiger partial charge in [-0.15, -0.1) is 11.3 Å². The fourth-order valence-electron chi connectivity index (χ4n) is 3.61. The van der Waals surface area contributed by atoms with Crippen molar-refractivity contribution >= 4 is 27.3 Å². The number of carbonyl (C=O) groups excluding carboxylic acids is 1. The van der Waals surface area contributed by atoms with Crippen molar-refractivity contribution in [2.24, 2.45) is 0 Å². The van der Waals surface area contributed by atoms with Gasteiger partial charge in [-0.3, -0.25) is 4.79 Å². The van der Waals surface area contributed by atoms with Crippen LogP contribution in [0, 0.1) is 0 Å². The second-order valence-corrected chi connectivity index (χ2v) is 10.0. The van der Waals surface area contributed by atoms with Crippen LogP contribution >= 0.6 is 11.3 Å². The van der Waals surface area contributed by atoms with Crippen LogP contribution in [-0.4, -0.2) is 31.7 Å². The van der Waals surface area contributed by atoms with Gasteiger partial charge in [-0.05, 0) is 42.5 Å². The number of rotatable bonds is 7. The van der Waals surface area contributed by atoms with Crippen LogP contribution in [0.1, 0.15) is 48.6 Å². The number of sulfonamides is 1. The van der Waals surface area contributed by atoms with Crippen molar-refractivity contribution in [3.8, 4) is 0 Å². The number of aryl methyl sites for hydroxylation is 1. The normalized spacial score (nSPS) is 16.9. The van der Waals surface area contributed by atoms with Gasteiger partial charge in [-0.1, -0.05) is 38.1 Å². The predicted octanol–water partition coefficient (Wildman–Crippen LogP) is 3.51. The molecule has 0 spiro atoms. The molecular weight excluding hydrogens is 380 g/mol. The summed E-state index contributed by atoms with van der Waals surface area (Å²) < 4.78 is 26.9. The van der Waals surface area contributed by atoms with Crippen molar-refractivity contribution in [3.63, 3.8) is 0 Å². The summed E-state index contributed by atoms with van der Waals surface area (Å²) in [4.78, 5) is 13.6. The number of hydrogen-bond acceptors (Lipinski definition) is 4. The summed E-state index contributed by atoms with van der Waals surface area (Å²) in [5, 5.41) is 2.99. The van der Waals surface area contributed by atoms with Crippen LogP contribution in [0.5, 0.6) is 0 Å². The molecule has 1 aliphatic carbocycles. The highest BCUT2D eigenvalue weighted by Gasteiger charge is 2.27. The van der Waals surface area contributed by atoms with E-state index >= 15 is 0 Å². The largest absolute Gasteiger partial charge is 0.351 e. The Morgan fingerprint density at radius 3 is 2.67 bits per heavy atom. The number of fused-ring (bicyclic) bond motifs is 1. The number of amides is 1. The van der Waals surface area contributed by atoms with E-state index in [1.54, 1.807) is 12.1 Å². The lowest BCUT2D eigenvalue weighted by molar-refractivity contribution is -0.123. The van der Waals surface area contributed by atoms with E-state index in [-0.39, 0.29) is 11.8 Å². The van der Waals surface area contributed by atoms with E-state index < -0.39 is 10.0 Å². The van der Waals surface area contributed by atoms with Gasteiger partial charge in [0.15, 0.2) is 0 Å². The summed E-state index contributed by atoms with van der Waals surface area (Å²) >= 11 is 1.23. The molecule has 3 rings (SSSR count). The molecule has 146 valence electrons. The van der Waals surface area contributed by atoms with Crippen molar-refractivity contribution in [2.75, 3.05) is 13.1 Å². The first-order chi connectivity index (χ1) is 13.0. The molecule has 1 aromatic carbocycles. The lowest BCUT2D eigenvalue weighted by Gasteiger charge is -2.24. The van der Waals surface area contributed by atoms with Crippen LogP contribution in [0.2, 0.25) is 0 Å². The number of hydrogen-bond donors (Lipinski definition) is 1. The van der Waals surface area contributed by atoms with Crippen LogP contribution < -0.4 is 5.32 Å². The zero-order chi connectivity index (χ0) is 19.4. The molecule has 0 saturated heterocycles. The molecule has 1 unspecified atom stereocenters. The Hall–Kier alpha value is -1.70. The molecule has 0 aliphatic heterocycles. The van der Waals surface area contributed by atoms with Crippen LogP contribution in [-0.2, 0) is 27.8 Å². The highest BCUT2D eigenvalue weighted by atomic mass is 32.2. The van der Waals surface area contributed by atoms with Crippen molar-refractivity contribution in [2.45, 2.75) is 49.8 Å². The average Bonchev–Trinajstić information content (AvgIpc) is 3.16. The summed E-state index contributed by atoms with van der Waals surface area (Å²) in [7, 11) is -3.44. The zero-order valence-corrected chi connectivity index (χ0v) is 17.4. The Labute approximate surface area is 165 Å². The monoisotopic (exact) mass is 406 g/mol. The minimum absolute atomic E-state index is 0.0173. The molecule has 1 heterocycles. The smallest absolute Gasteiger partial charge is 0.252 e. The molecule has 0 bridgehead atoms. The highest BCUT2D eigenvalue weighted by Crippen LogP contribution is 2.32. The van der Waals surface area contributed by atoms with Gasteiger partial charge in [0.25, 0.3) is 10.0 Å². The first kappa shape index (κ1) is 20.0. The Balaban J connectivity index is 1.67. The second kappa shape index (κ2) is 8.54. The van der Waals surface area contributed by atoms with E-state index in [9.17, 15) is 13.2 Å². The molecule has 0 fully saturated rings. The number of carbonyl (C=O) groups is 1. The summed E-state index contributed by atoms with van der Waals surface area (Å²) in [6.07, 6.45) is 2.90. The maximum atomic E-state index is 12.7. The fourth-order valence-corrected chi connectivity index (χ4v) is 6.51. The molecule has 1 N–H and O–H groups in total. The highest BCUT2D eigenvalue weighted by molar-refractivity contribution is 7.91. The molecule has 2 aromatic rings. The van der Waals surface area contributed by atoms with Gasteiger partial charge in [0, 0.05) is 18.0 Å². The van der Waals surface area contributed by atoms with E-state index in [4.69, 9.17) is 0 Å². The fraction of sp³-hybridized carbons (Fsp3) is 0.450. The van der Waals surface area contributed by atoms with Gasteiger partial charge in [0.1, 0.15) is 4.21 Å². The Morgan fingerprint density at radius 1 is 1.19 bits per heavy atom. The Kier molecular flexibility index (Phi) is 6.34. The number of nitrogens with zero attached hydrogens (tertiary/aromatic N) is 1. The van der Waals surface area contributed by atoms with E-state index in [2.05, 4.69) is 11.4 Å². The van der Waals surface area contributed by atoms with E-state index in [1.807, 2.05) is 32.0 Å². The van der Waals surface area contributed by atoms with Crippen LogP contribution in [0.3, 0.4) is 0 Å². The predicted molar refractivity (Wildman–Crippen MR) is 108 cm³/mol. The van der Waals surface area contributed by atoms with Gasteiger partial charge < -0.3 is 5.32 Å². The summed E-state index contributed by atoms with van der Waals surface area (Å²) in [5.74, 6) is -0.0995. The van der Waals surface area contributed by atoms with Gasteiger partial charge in [-0.25, -0.2) is 8.42 Å². The van der Waals surface area contributed by atoms with E-state index in [0.29, 0.717) is 23.8 Å². The Bertz CT molecular complexity index is 901. The summed E-state index contributed by atoms with van der Waals surface area (Å²) in [5.41, 5.74) is 2.38. The van der Waals surface area contributed by atoms with Gasteiger partial charge >= 0.3 is 0 Å². The van der Waals surface area contributed by atoms with Gasteiger partial charge in [0.05, 0.1) is 12.5 Å². The lowest BCUT2D eigenvalue weighted by Crippen LogP contribution is -2.31. The molecule has 5 nitrogen and oxygen atoms in total. The number of nitrogens with one attached hydrogen (secondary N) is 1. The summed E-state index contributed by atoms with van der Waals surface area (Å²) in [6, 6.07) is 11.6. The third-order valence-corrected chi connectivity index (χ3v) is 8.66. The quantitative estimate of drug-likeness (QED) is 0.765. The molecule has 1 aliphatic rings. The third kappa shape index (κ3) is 4.25. The number of thiophene rings is 1. The van der Waals surface area contributed by atoms with E-state index in [0.717, 1.165) is 29.7 Å². The SMILES string of the molecule is CCN(CC)S(=O)(=O)c1ccc(CNC(=O)C2CCCc3ccccc32)s1. The van der Waals surface area contributed by atoms with Crippen molar-refractivity contribution in [1.29, 1.82) is 0 Å². The molecular formula is C20H26N2O3S2. The molecule has 27 heavy (non-hydrogen) atoms. The molecule has 0 radical (unpaired) electrons. The minimum atomic E-state index is -3.44. The lowest BCUT2D eigenvalue weighted by atomic mass is 9.82. The average molecular weight is 407 g/mol. The standard InChI is InChI=1S/C20H26N2O3S2/c1-3-22(4-2)27(24,25)19-13-12-16(26-19)14-21-20(23)18-11-7-9-15-8-5-6-10-17(15)18/h5-6,8,10,12-13,18H,3-4,7,9,11,14H2,1-2H3,(H,21,23). The second-order valence-electron chi connectivity index (χ2n) is 6.67. The molecule has 0 saturated carbocycles. The minimum Gasteiger partial charge on any atom is -0.351 e. The Morgan fingerprint density at radius 2 is 1.93 bits per heavy atom. The third-order valence-electron chi connectivity index (χ3n) is 5.06. The van der Waals surface area contributed by atoms with Gasteiger partial charge in [-0.2, -0.15) is 4.31 Å². The topological polar surface area (TPSA) is 66.5 Å². The summed E-state index contributed by atoms with van der Waals surface area (Å²) in [6.45, 7) is 4.92. The van der Waals surface area contributed by atoms with Crippen molar-refractivity contribution in [1.82, 2.24) is 9.62 Å². The maximum absolute atomic E-state index is 12.7. The van der Waals surface area contributed by atoms with Gasteiger partial charge in [0.2, 0.25) is 5.91 Å². The van der Waals surface area contributed by atoms with Crippen LogP contribution in [0.15, 0.2) is 40.6 Å². The van der Waals surface area contributed by atoms with Crippen LogP contribution in [0.4, 0.5) is 0 Å². The molecule has 1 aromatic heterocycles. The maximum Gasteiger partial charge on any atom is 0.252 e. The number of benzene rings is 1.